The molecular formula is C14H21NO5S. The molecule has 0 aliphatic carbocycles. The molecule has 118 valence electrons. The molecule has 0 spiro atoms. The Morgan fingerprint density at radius 3 is 2.57 bits per heavy atom. The van der Waals surface area contributed by atoms with Gasteiger partial charge in [-0.2, -0.15) is 8.42 Å². The molecule has 1 unspecified atom stereocenters. The molecule has 0 amide bonds. The lowest BCUT2D eigenvalue weighted by atomic mass is 9.91. The number of fused-ring (bicyclic) bond motifs is 1. The number of ether oxygens (including phenoxy) is 2. The summed E-state index contributed by atoms with van der Waals surface area (Å²) in [4.78, 5) is 0. The van der Waals surface area contributed by atoms with Crippen molar-refractivity contribution in [3.63, 3.8) is 0 Å². The van der Waals surface area contributed by atoms with Crippen LogP contribution in [0.1, 0.15) is 30.0 Å². The molecule has 0 saturated heterocycles. The molecule has 1 aliphatic rings. The monoisotopic (exact) mass is 315 g/mol. The Morgan fingerprint density at radius 2 is 1.95 bits per heavy atom. The molecule has 7 heteroatoms. The van der Waals surface area contributed by atoms with Gasteiger partial charge in [0.2, 0.25) is 0 Å². The summed E-state index contributed by atoms with van der Waals surface area (Å²) < 4.78 is 41.0. The zero-order valence-electron chi connectivity index (χ0n) is 12.3. The van der Waals surface area contributed by atoms with E-state index in [1.54, 1.807) is 14.2 Å². The van der Waals surface area contributed by atoms with E-state index in [0.29, 0.717) is 24.3 Å². The van der Waals surface area contributed by atoms with E-state index in [2.05, 4.69) is 5.32 Å². The van der Waals surface area contributed by atoms with Crippen molar-refractivity contribution in [2.45, 2.75) is 25.3 Å². The van der Waals surface area contributed by atoms with E-state index in [9.17, 15) is 8.42 Å². The van der Waals surface area contributed by atoms with Crippen molar-refractivity contribution in [3.8, 4) is 11.5 Å². The minimum atomic E-state index is -3.90. The fraction of sp³-hybridized carbons (Fsp3) is 0.571. The topological polar surface area (TPSA) is 84.9 Å². The fourth-order valence-corrected chi connectivity index (χ4v) is 3.23. The Hall–Kier alpha value is -1.31. The van der Waals surface area contributed by atoms with Crippen LogP contribution in [0.3, 0.4) is 0 Å². The first-order chi connectivity index (χ1) is 9.94. The van der Waals surface area contributed by atoms with Gasteiger partial charge < -0.3 is 14.8 Å². The molecule has 6 nitrogen and oxygen atoms in total. The third kappa shape index (κ3) is 4.09. The lowest BCUT2D eigenvalue weighted by Crippen LogP contribution is -2.30. The summed E-state index contributed by atoms with van der Waals surface area (Å²) in [5.74, 6) is 1.16. The Morgan fingerprint density at radius 1 is 1.29 bits per heavy atom. The maximum atomic E-state index is 10.8. The molecule has 1 atom stereocenters. The van der Waals surface area contributed by atoms with E-state index < -0.39 is 10.1 Å². The second kappa shape index (κ2) is 6.64. The van der Waals surface area contributed by atoms with Crippen LogP contribution in [-0.2, 0) is 16.5 Å². The van der Waals surface area contributed by atoms with Crippen molar-refractivity contribution in [1.29, 1.82) is 0 Å². The van der Waals surface area contributed by atoms with Crippen molar-refractivity contribution in [2.75, 3.05) is 26.5 Å². The number of methoxy groups -OCH3 is 2. The summed E-state index contributed by atoms with van der Waals surface area (Å²) in [6.07, 6.45) is 1.94. The summed E-state index contributed by atoms with van der Waals surface area (Å²) in [6.45, 7) is 0.832. The highest BCUT2D eigenvalue weighted by Gasteiger charge is 2.22. The molecule has 0 saturated carbocycles. The molecule has 1 heterocycles. The number of hydrogen-bond donors (Lipinski definition) is 2. The lowest BCUT2D eigenvalue weighted by Gasteiger charge is -2.28. The largest absolute Gasteiger partial charge is 0.493 e. The minimum absolute atomic E-state index is 0.0651. The van der Waals surface area contributed by atoms with Crippen LogP contribution in [0, 0.1) is 0 Å². The van der Waals surface area contributed by atoms with E-state index in [4.69, 9.17) is 14.0 Å². The van der Waals surface area contributed by atoms with Gasteiger partial charge in [-0.25, -0.2) is 0 Å². The Labute approximate surface area is 125 Å². The second-order valence-electron chi connectivity index (χ2n) is 5.09. The van der Waals surface area contributed by atoms with E-state index in [-0.39, 0.29) is 11.8 Å². The highest BCUT2D eigenvalue weighted by atomic mass is 32.2. The Kier molecular flexibility index (Phi) is 5.08. The normalized spacial score (nSPS) is 18.1. The van der Waals surface area contributed by atoms with E-state index in [0.717, 1.165) is 18.5 Å². The molecular weight excluding hydrogens is 294 g/mol. The predicted molar refractivity (Wildman–Crippen MR) is 79.6 cm³/mol. The Bertz CT molecular complexity index is 600. The summed E-state index contributed by atoms with van der Waals surface area (Å²) in [5.41, 5.74) is 2.29. The van der Waals surface area contributed by atoms with Gasteiger partial charge in [0.05, 0.1) is 20.0 Å². The quantitative estimate of drug-likeness (QED) is 0.775. The molecule has 0 radical (unpaired) electrons. The van der Waals surface area contributed by atoms with Gasteiger partial charge in [0.1, 0.15) is 0 Å². The van der Waals surface area contributed by atoms with Gasteiger partial charge >= 0.3 is 0 Å². The molecule has 0 fully saturated rings. The molecule has 1 aromatic carbocycles. The van der Waals surface area contributed by atoms with Crippen LogP contribution in [0.4, 0.5) is 0 Å². The fourth-order valence-electron chi connectivity index (χ4n) is 2.70. The highest BCUT2D eigenvalue weighted by Crippen LogP contribution is 2.36. The second-order valence-corrected chi connectivity index (χ2v) is 6.66. The number of hydrogen-bond acceptors (Lipinski definition) is 5. The standard InChI is InChI=1S/C14H21NO5S/c1-19-13-8-10-5-6-15-12(4-3-7-21(16,17)18)11(10)9-14(13)20-2/h8-9,12,15H,3-7H2,1-2H3,(H,16,17,18). The third-order valence-electron chi connectivity index (χ3n) is 3.70. The van der Waals surface area contributed by atoms with Gasteiger partial charge in [0, 0.05) is 6.04 Å². The average Bonchev–Trinajstić information content (AvgIpc) is 2.44. The van der Waals surface area contributed by atoms with Crippen LogP contribution in [0.25, 0.3) is 0 Å². The predicted octanol–water partition coefficient (Wildman–Crippen LogP) is 1.56. The number of benzene rings is 1. The van der Waals surface area contributed by atoms with Gasteiger partial charge in [0.25, 0.3) is 10.1 Å². The lowest BCUT2D eigenvalue weighted by molar-refractivity contribution is 0.351. The molecule has 1 aromatic rings. The summed E-state index contributed by atoms with van der Waals surface area (Å²) >= 11 is 0. The third-order valence-corrected chi connectivity index (χ3v) is 4.51. The van der Waals surface area contributed by atoms with E-state index >= 15 is 0 Å². The molecule has 2 N–H and O–H groups in total. The first-order valence-electron chi connectivity index (χ1n) is 6.88. The zero-order chi connectivity index (χ0) is 15.5. The van der Waals surface area contributed by atoms with Gasteiger partial charge in [-0.1, -0.05) is 0 Å². The first kappa shape index (κ1) is 16.1. The molecule has 1 aliphatic heterocycles. The van der Waals surface area contributed by atoms with Crippen LogP contribution < -0.4 is 14.8 Å². The van der Waals surface area contributed by atoms with Crippen molar-refractivity contribution < 1.29 is 22.4 Å². The SMILES string of the molecule is COc1cc2c(cc1OC)C(CCCS(=O)(=O)O)NCC2. The van der Waals surface area contributed by atoms with Crippen molar-refractivity contribution >= 4 is 10.1 Å². The minimum Gasteiger partial charge on any atom is -0.493 e. The van der Waals surface area contributed by atoms with E-state index in [1.807, 2.05) is 12.1 Å². The zero-order valence-corrected chi connectivity index (χ0v) is 13.1. The van der Waals surface area contributed by atoms with Crippen molar-refractivity contribution in [3.05, 3.63) is 23.3 Å². The van der Waals surface area contributed by atoms with Gasteiger partial charge in [-0.3, -0.25) is 4.55 Å². The first-order valence-corrected chi connectivity index (χ1v) is 8.49. The number of rotatable bonds is 6. The molecule has 2 rings (SSSR count). The van der Waals surface area contributed by atoms with Crippen LogP contribution in [0.2, 0.25) is 0 Å². The van der Waals surface area contributed by atoms with Crippen molar-refractivity contribution in [1.82, 2.24) is 5.32 Å². The molecule has 0 bridgehead atoms. The van der Waals surface area contributed by atoms with Gasteiger partial charge in [0.15, 0.2) is 11.5 Å². The van der Waals surface area contributed by atoms with Crippen LogP contribution in [-0.4, -0.2) is 39.5 Å². The average molecular weight is 315 g/mol. The highest BCUT2D eigenvalue weighted by molar-refractivity contribution is 7.85. The smallest absolute Gasteiger partial charge is 0.264 e. The van der Waals surface area contributed by atoms with Crippen molar-refractivity contribution in [2.24, 2.45) is 0 Å². The molecule has 21 heavy (non-hydrogen) atoms. The Balaban J connectivity index is 2.18. The van der Waals surface area contributed by atoms with Gasteiger partial charge in [-0.05, 0) is 49.1 Å². The van der Waals surface area contributed by atoms with Crippen LogP contribution in [0.5, 0.6) is 11.5 Å². The summed E-state index contributed by atoms with van der Waals surface area (Å²) in [6, 6.07) is 3.98. The van der Waals surface area contributed by atoms with Crippen LogP contribution in [0.15, 0.2) is 12.1 Å². The maximum absolute atomic E-state index is 10.8. The number of nitrogens with one attached hydrogen (secondary N) is 1. The van der Waals surface area contributed by atoms with E-state index in [1.165, 1.54) is 5.56 Å². The summed E-state index contributed by atoms with van der Waals surface area (Å²) in [7, 11) is -0.701. The maximum Gasteiger partial charge on any atom is 0.264 e. The molecule has 0 aromatic heterocycles. The van der Waals surface area contributed by atoms with Crippen LogP contribution >= 0.6 is 0 Å². The van der Waals surface area contributed by atoms with Gasteiger partial charge in [-0.15, -0.1) is 0 Å². The summed E-state index contributed by atoms with van der Waals surface area (Å²) in [5, 5.41) is 3.38.